The van der Waals surface area contributed by atoms with Crippen molar-refractivity contribution >= 4 is 0 Å². The van der Waals surface area contributed by atoms with Crippen LogP contribution in [0.15, 0.2) is 0 Å². The molecule has 3 atom stereocenters. The highest BCUT2D eigenvalue weighted by Gasteiger charge is 2.24. The number of methoxy groups -OCH3 is 1. The lowest BCUT2D eigenvalue weighted by molar-refractivity contribution is -0.0460. The molecule has 5 nitrogen and oxygen atoms in total. The number of hydrogen-bond acceptors (Lipinski definition) is 5. The van der Waals surface area contributed by atoms with Gasteiger partial charge in [-0.25, -0.2) is 0 Å². The highest BCUT2D eigenvalue weighted by Crippen LogP contribution is 2.19. The van der Waals surface area contributed by atoms with Crippen LogP contribution in [0.5, 0.6) is 0 Å². The van der Waals surface area contributed by atoms with E-state index >= 15 is 0 Å². The lowest BCUT2D eigenvalue weighted by atomic mass is 9.99. The van der Waals surface area contributed by atoms with Gasteiger partial charge in [-0.3, -0.25) is 4.90 Å². The second-order valence-corrected chi connectivity index (χ2v) is 5.41. The van der Waals surface area contributed by atoms with E-state index in [1.807, 2.05) is 6.92 Å². The van der Waals surface area contributed by atoms with Crippen LogP contribution in [-0.4, -0.2) is 73.4 Å². The summed E-state index contributed by atoms with van der Waals surface area (Å²) in [6, 6.07) is 0.407. The highest BCUT2D eigenvalue weighted by molar-refractivity contribution is 4.78. The standard InChI is InChI=1S/C14H29NO4/c1-12(10-18-2)19-11-14(17)9-15-7-4-3-5-13(15)6-8-16/h12-14,16-17H,3-11H2,1-2H3. The van der Waals surface area contributed by atoms with Crippen molar-refractivity contribution in [2.45, 2.75) is 50.9 Å². The Morgan fingerprint density at radius 1 is 1.32 bits per heavy atom. The Bertz CT molecular complexity index is 225. The second-order valence-electron chi connectivity index (χ2n) is 5.41. The molecular formula is C14H29NO4. The number of piperidine rings is 1. The van der Waals surface area contributed by atoms with E-state index in [0.29, 0.717) is 25.8 Å². The van der Waals surface area contributed by atoms with Gasteiger partial charge in [-0.15, -0.1) is 0 Å². The van der Waals surface area contributed by atoms with Crippen LogP contribution in [0, 0.1) is 0 Å². The molecule has 0 aromatic heterocycles. The summed E-state index contributed by atoms with van der Waals surface area (Å²) in [4.78, 5) is 2.29. The van der Waals surface area contributed by atoms with E-state index in [9.17, 15) is 5.11 Å². The van der Waals surface area contributed by atoms with E-state index < -0.39 is 6.10 Å². The van der Waals surface area contributed by atoms with Crippen molar-refractivity contribution < 1.29 is 19.7 Å². The first-order valence-electron chi connectivity index (χ1n) is 7.30. The zero-order chi connectivity index (χ0) is 14.1. The third kappa shape index (κ3) is 6.68. The number of nitrogens with zero attached hydrogens (tertiary/aromatic N) is 1. The van der Waals surface area contributed by atoms with E-state index in [1.54, 1.807) is 7.11 Å². The molecule has 0 aromatic rings. The van der Waals surface area contributed by atoms with Gasteiger partial charge in [-0.05, 0) is 32.7 Å². The number of ether oxygens (including phenoxy) is 2. The fourth-order valence-corrected chi connectivity index (χ4v) is 2.66. The maximum Gasteiger partial charge on any atom is 0.0900 e. The molecule has 2 N–H and O–H groups in total. The van der Waals surface area contributed by atoms with Crippen LogP contribution in [0.4, 0.5) is 0 Å². The molecule has 19 heavy (non-hydrogen) atoms. The molecule has 1 heterocycles. The van der Waals surface area contributed by atoms with Gasteiger partial charge in [0, 0.05) is 26.3 Å². The molecule has 1 aliphatic heterocycles. The van der Waals surface area contributed by atoms with E-state index in [2.05, 4.69) is 4.90 Å². The van der Waals surface area contributed by atoms with Crippen LogP contribution < -0.4 is 0 Å². The van der Waals surface area contributed by atoms with Crippen LogP contribution in [0.3, 0.4) is 0 Å². The molecule has 114 valence electrons. The second kappa shape index (κ2) is 9.66. The third-order valence-corrected chi connectivity index (χ3v) is 3.63. The minimum atomic E-state index is -0.474. The molecular weight excluding hydrogens is 246 g/mol. The summed E-state index contributed by atoms with van der Waals surface area (Å²) in [5.41, 5.74) is 0. The zero-order valence-electron chi connectivity index (χ0n) is 12.3. The van der Waals surface area contributed by atoms with Gasteiger partial charge < -0.3 is 19.7 Å². The summed E-state index contributed by atoms with van der Waals surface area (Å²) in [6.07, 6.45) is 3.85. The van der Waals surface area contributed by atoms with Gasteiger partial charge in [-0.2, -0.15) is 0 Å². The molecule has 3 unspecified atom stereocenters. The Hall–Kier alpha value is -0.200. The number of hydrogen-bond donors (Lipinski definition) is 2. The Balaban J connectivity index is 2.26. The zero-order valence-corrected chi connectivity index (χ0v) is 12.3. The Morgan fingerprint density at radius 3 is 2.79 bits per heavy atom. The average Bonchev–Trinajstić information content (AvgIpc) is 2.39. The summed E-state index contributed by atoms with van der Waals surface area (Å²) >= 11 is 0. The lowest BCUT2D eigenvalue weighted by Gasteiger charge is -2.36. The number of β-amino-alcohol motifs (C(OH)–C–C–N with tert-alkyl or cyclic N) is 1. The number of aliphatic hydroxyl groups excluding tert-OH is 2. The van der Waals surface area contributed by atoms with Crippen LogP contribution in [0.2, 0.25) is 0 Å². The summed E-state index contributed by atoms with van der Waals surface area (Å²) in [5.74, 6) is 0. The van der Waals surface area contributed by atoms with Crippen molar-refractivity contribution in [2.75, 3.05) is 40.0 Å². The Kier molecular flexibility index (Phi) is 8.57. The molecule has 0 radical (unpaired) electrons. The van der Waals surface area contributed by atoms with Crippen LogP contribution >= 0.6 is 0 Å². The molecule has 0 spiro atoms. The van der Waals surface area contributed by atoms with Crippen molar-refractivity contribution in [3.8, 4) is 0 Å². The topological polar surface area (TPSA) is 62.2 Å². The van der Waals surface area contributed by atoms with Crippen molar-refractivity contribution in [3.63, 3.8) is 0 Å². The summed E-state index contributed by atoms with van der Waals surface area (Å²) in [6.45, 7) is 4.68. The van der Waals surface area contributed by atoms with Gasteiger partial charge in [0.2, 0.25) is 0 Å². The fourth-order valence-electron chi connectivity index (χ4n) is 2.66. The van der Waals surface area contributed by atoms with Crippen molar-refractivity contribution in [3.05, 3.63) is 0 Å². The predicted octanol–water partition coefficient (Wildman–Crippen LogP) is 0.636. The molecule has 1 rings (SSSR count). The average molecular weight is 275 g/mol. The quantitative estimate of drug-likeness (QED) is 0.646. The number of likely N-dealkylation sites (tertiary alicyclic amines) is 1. The van der Waals surface area contributed by atoms with Gasteiger partial charge in [0.05, 0.1) is 25.4 Å². The smallest absolute Gasteiger partial charge is 0.0900 e. The molecule has 0 amide bonds. The molecule has 1 saturated heterocycles. The minimum absolute atomic E-state index is 0.00856. The lowest BCUT2D eigenvalue weighted by Crippen LogP contribution is -2.45. The SMILES string of the molecule is COCC(C)OCC(O)CN1CCCCC1CCO. The van der Waals surface area contributed by atoms with E-state index in [1.165, 1.54) is 12.8 Å². The van der Waals surface area contributed by atoms with E-state index in [-0.39, 0.29) is 12.7 Å². The van der Waals surface area contributed by atoms with Crippen LogP contribution in [0.25, 0.3) is 0 Å². The first kappa shape index (κ1) is 16.9. The van der Waals surface area contributed by atoms with Crippen molar-refractivity contribution in [1.29, 1.82) is 0 Å². The van der Waals surface area contributed by atoms with E-state index in [0.717, 1.165) is 19.4 Å². The molecule has 1 fully saturated rings. The molecule has 0 bridgehead atoms. The molecule has 1 aliphatic rings. The first-order valence-corrected chi connectivity index (χ1v) is 7.30. The van der Waals surface area contributed by atoms with Crippen molar-refractivity contribution in [1.82, 2.24) is 4.90 Å². The Labute approximate surface area is 116 Å². The maximum absolute atomic E-state index is 10.0. The molecule has 0 aromatic carbocycles. The fraction of sp³-hybridized carbons (Fsp3) is 1.00. The first-order chi connectivity index (χ1) is 9.17. The minimum Gasteiger partial charge on any atom is -0.396 e. The number of aliphatic hydroxyl groups is 2. The third-order valence-electron chi connectivity index (χ3n) is 3.63. The Morgan fingerprint density at radius 2 is 2.11 bits per heavy atom. The van der Waals surface area contributed by atoms with E-state index in [4.69, 9.17) is 14.6 Å². The summed E-state index contributed by atoms with van der Waals surface area (Å²) in [7, 11) is 1.64. The number of rotatable bonds is 9. The van der Waals surface area contributed by atoms with Gasteiger partial charge in [0.1, 0.15) is 0 Å². The molecule has 5 heteroatoms. The summed E-state index contributed by atoms with van der Waals surface area (Å²) in [5, 5.41) is 19.1. The normalized spacial score (nSPS) is 24.3. The monoisotopic (exact) mass is 275 g/mol. The molecule has 0 aliphatic carbocycles. The van der Waals surface area contributed by atoms with Gasteiger partial charge >= 0.3 is 0 Å². The largest absolute Gasteiger partial charge is 0.396 e. The summed E-state index contributed by atoms with van der Waals surface area (Å²) < 4.78 is 10.5. The van der Waals surface area contributed by atoms with Gasteiger partial charge in [0.15, 0.2) is 0 Å². The van der Waals surface area contributed by atoms with Crippen molar-refractivity contribution in [2.24, 2.45) is 0 Å². The van der Waals surface area contributed by atoms with Crippen LogP contribution in [0.1, 0.15) is 32.6 Å². The predicted molar refractivity (Wildman–Crippen MR) is 74.2 cm³/mol. The maximum atomic E-state index is 10.0. The van der Waals surface area contributed by atoms with Crippen LogP contribution in [-0.2, 0) is 9.47 Å². The van der Waals surface area contributed by atoms with Gasteiger partial charge in [0.25, 0.3) is 0 Å². The van der Waals surface area contributed by atoms with Gasteiger partial charge in [-0.1, -0.05) is 6.42 Å². The highest BCUT2D eigenvalue weighted by atomic mass is 16.5. The molecule has 0 saturated carbocycles.